The lowest BCUT2D eigenvalue weighted by molar-refractivity contribution is -0.123. The van der Waals surface area contributed by atoms with Gasteiger partial charge in [0.1, 0.15) is 11.6 Å². The highest BCUT2D eigenvalue weighted by Gasteiger charge is 2.27. The molecule has 110 valence electrons. The molecule has 6 heteroatoms. The second-order valence-electron chi connectivity index (χ2n) is 4.38. The van der Waals surface area contributed by atoms with Crippen molar-refractivity contribution < 1.29 is 18.0 Å². The van der Waals surface area contributed by atoms with Crippen LogP contribution in [-0.2, 0) is 4.79 Å². The number of carbonyl (C=O) groups excluding carboxylic acids is 1. The van der Waals surface area contributed by atoms with E-state index in [4.69, 9.17) is 0 Å². The molecule has 0 radical (unpaired) electrons. The summed E-state index contributed by atoms with van der Waals surface area (Å²) in [5.41, 5.74) is -0.180. The molecule has 0 saturated carbocycles. The molecule has 2 aromatic rings. The van der Waals surface area contributed by atoms with E-state index in [1.165, 1.54) is 37.4 Å². The van der Waals surface area contributed by atoms with E-state index in [2.05, 4.69) is 15.9 Å². The summed E-state index contributed by atoms with van der Waals surface area (Å²) in [6, 6.07) is 8.83. The molecule has 2 rings (SSSR count). The van der Waals surface area contributed by atoms with Crippen LogP contribution < -0.4 is 4.90 Å². The van der Waals surface area contributed by atoms with Gasteiger partial charge < -0.3 is 4.90 Å². The predicted octanol–water partition coefficient (Wildman–Crippen LogP) is 4.40. The number of carbonyl (C=O) groups is 1. The van der Waals surface area contributed by atoms with Gasteiger partial charge >= 0.3 is 0 Å². The third kappa shape index (κ3) is 3.26. The quantitative estimate of drug-likeness (QED) is 0.797. The highest BCUT2D eigenvalue weighted by Crippen LogP contribution is 2.30. The van der Waals surface area contributed by atoms with Crippen molar-refractivity contribution in [1.29, 1.82) is 0 Å². The summed E-state index contributed by atoms with van der Waals surface area (Å²) in [5.74, 6) is -2.34. The van der Waals surface area contributed by atoms with E-state index in [1.807, 2.05) is 0 Å². The van der Waals surface area contributed by atoms with Crippen LogP contribution in [-0.4, -0.2) is 13.0 Å². The fourth-order valence-electron chi connectivity index (χ4n) is 1.85. The summed E-state index contributed by atoms with van der Waals surface area (Å²) in [6.07, 6.45) is -2.16. The average molecular weight is 358 g/mol. The Balaban J connectivity index is 2.31. The van der Waals surface area contributed by atoms with E-state index in [-0.39, 0.29) is 11.3 Å². The molecule has 21 heavy (non-hydrogen) atoms. The number of benzene rings is 2. The largest absolute Gasteiger partial charge is 0.311 e. The third-order valence-corrected chi connectivity index (χ3v) is 3.67. The zero-order valence-corrected chi connectivity index (χ0v) is 12.6. The van der Waals surface area contributed by atoms with Crippen LogP contribution in [0.1, 0.15) is 11.7 Å². The summed E-state index contributed by atoms with van der Waals surface area (Å²) in [7, 11) is 1.30. The number of hydrogen-bond donors (Lipinski definition) is 0. The van der Waals surface area contributed by atoms with Crippen molar-refractivity contribution in [3.05, 3.63) is 64.1 Å². The fourth-order valence-corrected chi connectivity index (χ4v) is 2.36. The SMILES string of the molecule is CN(C(=O)C(F)c1ccccc1F)c1cc(F)ccc1Br. The zero-order chi connectivity index (χ0) is 15.6. The lowest BCUT2D eigenvalue weighted by atomic mass is 10.1. The van der Waals surface area contributed by atoms with E-state index in [0.717, 1.165) is 17.0 Å². The van der Waals surface area contributed by atoms with Gasteiger partial charge in [0.15, 0.2) is 0 Å². The van der Waals surface area contributed by atoms with Crippen LogP contribution in [0.3, 0.4) is 0 Å². The van der Waals surface area contributed by atoms with Gasteiger partial charge in [-0.15, -0.1) is 0 Å². The van der Waals surface area contributed by atoms with Crippen LogP contribution >= 0.6 is 15.9 Å². The number of nitrogens with zero attached hydrogens (tertiary/aromatic N) is 1. The van der Waals surface area contributed by atoms with Crippen molar-refractivity contribution in [3.8, 4) is 0 Å². The van der Waals surface area contributed by atoms with Crippen molar-refractivity contribution in [3.63, 3.8) is 0 Å². The lowest BCUT2D eigenvalue weighted by Gasteiger charge is -2.21. The van der Waals surface area contributed by atoms with E-state index in [1.54, 1.807) is 0 Å². The maximum absolute atomic E-state index is 14.2. The number of halogens is 4. The summed E-state index contributed by atoms with van der Waals surface area (Å²) in [5, 5.41) is 0. The number of likely N-dealkylation sites (N-methyl/N-ethyl adjacent to an activating group) is 1. The number of hydrogen-bond acceptors (Lipinski definition) is 1. The third-order valence-electron chi connectivity index (χ3n) is 3.00. The van der Waals surface area contributed by atoms with Crippen molar-refractivity contribution in [2.45, 2.75) is 6.17 Å². The highest BCUT2D eigenvalue weighted by atomic mass is 79.9. The summed E-state index contributed by atoms with van der Waals surface area (Å²) in [6.45, 7) is 0. The highest BCUT2D eigenvalue weighted by molar-refractivity contribution is 9.10. The van der Waals surface area contributed by atoms with Gasteiger partial charge in [-0.25, -0.2) is 13.2 Å². The summed E-state index contributed by atoms with van der Waals surface area (Å²) < 4.78 is 41.4. The van der Waals surface area contributed by atoms with Crippen molar-refractivity contribution in [2.24, 2.45) is 0 Å². The minimum Gasteiger partial charge on any atom is -0.311 e. The maximum atomic E-state index is 14.2. The van der Waals surface area contributed by atoms with E-state index in [9.17, 15) is 18.0 Å². The van der Waals surface area contributed by atoms with Gasteiger partial charge in [0.25, 0.3) is 5.91 Å². The van der Waals surface area contributed by atoms with Gasteiger partial charge in [0, 0.05) is 17.1 Å². The Bertz CT molecular complexity index is 678. The molecular weight excluding hydrogens is 347 g/mol. The van der Waals surface area contributed by atoms with Crippen LogP contribution in [0, 0.1) is 11.6 Å². The Kier molecular flexibility index (Phi) is 4.67. The minimum atomic E-state index is -2.16. The Morgan fingerprint density at radius 1 is 1.19 bits per heavy atom. The first-order valence-electron chi connectivity index (χ1n) is 6.03. The predicted molar refractivity (Wildman–Crippen MR) is 77.8 cm³/mol. The number of rotatable bonds is 3. The molecule has 0 spiro atoms. The molecular formula is C15H11BrF3NO. The van der Waals surface area contributed by atoms with Crippen LogP contribution in [0.2, 0.25) is 0 Å². The van der Waals surface area contributed by atoms with Gasteiger partial charge in [-0.2, -0.15) is 0 Å². The van der Waals surface area contributed by atoms with Crippen LogP contribution in [0.5, 0.6) is 0 Å². The smallest absolute Gasteiger partial charge is 0.266 e. The fraction of sp³-hybridized carbons (Fsp3) is 0.133. The minimum absolute atomic E-state index is 0.166. The van der Waals surface area contributed by atoms with E-state index >= 15 is 0 Å². The molecule has 0 aliphatic rings. The Labute approximate surface area is 128 Å². The lowest BCUT2D eigenvalue weighted by Crippen LogP contribution is -2.30. The Hall–Kier alpha value is -1.82. The first kappa shape index (κ1) is 15.6. The molecule has 0 heterocycles. The van der Waals surface area contributed by atoms with E-state index in [0.29, 0.717) is 4.47 Å². The molecule has 2 aromatic carbocycles. The molecule has 0 aromatic heterocycles. The number of alkyl halides is 1. The summed E-state index contributed by atoms with van der Waals surface area (Å²) >= 11 is 3.16. The van der Waals surface area contributed by atoms with Gasteiger partial charge in [-0.3, -0.25) is 4.79 Å². The maximum Gasteiger partial charge on any atom is 0.266 e. The number of anilines is 1. The topological polar surface area (TPSA) is 20.3 Å². The van der Waals surface area contributed by atoms with Crippen LogP contribution in [0.4, 0.5) is 18.9 Å². The molecule has 0 saturated heterocycles. The molecule has 1 atom stereocenters. The first-order valence-corrected chi connectivity index (χ1v) is 6.82. The number of amides is 1. The van der Waals surface area contributed by atoms with Crippen LogP contribution in [0.25, 0.3) is 0 Å². The second-order valence-corrected chi connectivity index (χ2v) is 5.23. The normalized spacial score (nSPS) is 12.0. The van der Waals surface area contributed by atoms with Gasteiger partial charge in [-0.05, 0) is 40.2 Å². The Morgan fingerprint density at radius 2 is 1.86 bits per heavy atom. The zero-order valence-electron chi connectivity index (χ0n) is 11.0. The molecule has 0 aliphatic heterocycles. The van der Waals surface area contributed by atoms with Crippen molar-refractivity contribution in [1.82, 2.24) is 0 Å². The van der Waals surface area contributed by atoms with Crippen molar-refractivity contribution in [2.75, 3.05) is 11.9 Å². The first-order chi connectivity index (χ1) is 9.91. The van der Waals surface area contributed by atoms with E-state index < -0.39 is 23.7 Å². The second kappa shape index (κ2) is 6.30. The van der Waals surface area contributed by atoms with Crippen molar-refractivity contribution >= 4 is 27.5 Å². The summed E-state index contributed by atoms with van der Waals surface area (Å²) in [4.78, 5) is 13.0. The molecule has 2 nitrogen and oxygen atoms in total. The van der Waals surface area contributed by atoms with Gasteiger partial charge in [0.2, 0.25) is 6.17 Å². The molecule has 1 unspecified atom stereocenters. The Morgan fingerprint density at radius 3 is 2.52 bits per heavy atom. The molecule has 1 amide bonds. The standard InChI is InChI=1S/C15H11BrF3NO/c1-20(13-8-9(17)6-7-11(13)16)15(21)14(19)10-4-2-3-5-12(10)18/h2-8,14H,1H3. The molecule has 0 fully saturated rings. The molecule has 0 aliphatic carbocycles. The van der Waals surface area contributed by atoms with Gasteiger partial charge in [0.05, 0.1) is 5.69 Å². The van der Waals surface area contributed by atoms with Gasteiger partial charge in [-0.1, -0.05) is 18.2 Å². The van der Waals surface area contributed by atoms with Crippen LogP contribution in [0.15, 0.2) is 46.9 Å². The monoisotopic (exact) mass is 357 g/mol. The average Bonchev–Trinajstić information content (AvgIpc) is 2.48. The molecule has 0 bridgehead atoms. The molecule has 0 N–H and O–H groups in total.